The highest BCUT2D eigenvalue weighted by Gasteiger charge is 2.22. The maximum absolute atomic E-state index is 12.0. The molecule has 1 heterocycles. The van der Waals surface area contributed by atoms with E-state index < -0.39 is 0 Å². The molecule has 0 saturated heterocycles. The first-order chi connectivity index (χ1) is 7.10. The number of aromatic nitrogens is 2. The summed E-state index contributed by atoms with van der Waals surface area (Å²) in [5.74, 6) is -0.0868. The van der Waals surface area contributed by atoms with Crippen LogP contribution in [-0.2, 0) is 0 Å². The molecule has 0 spiro atoms. The van der Waals surface area contributed by atoms with Crippen molar-refractivity contribution in [2.45, 2.75) is 33.2 Å². The topological polar surface area (TPSA) is 46.1 Å². The fraction of sp³-hybridized carbons (Fsp3) is 0.667. The second-order valence-corrected chi connectivity index (χ2v) is 4.77. The Bertz CT molecular complexity index is 342. The van der Waals surface area contributed by atoms with Crippen LogP contribution in [0.4, 0.5) is 0 Å². The highest BCUT2D eigenvalue weighted by molar-refractivity contribution is 7.17. The predicted molar refractivity (Wildman–Crippen MR) is 61.4 cm³/mol. The SMILES string of the molecule is CCC(C)N(CC)C(=O)c1nnc(Cl)s1. The van der Waals surface area contributed by atoms with Gasteiger partial charge in [0.2, 0.25) is 9.47 Å². The van der Waals surface area contributed by atoms with Gasteiger partial charge in [-0.3, -0.25) is 4.79 Å². The minimum absolute atomic E-state index is 0.0868. The zero-order valence-electron chi connectivity index (χ0n) is 9.03. The molecule has 0 N–H and O–H groups in total. The third-order valence-corrected chi connectivity index (χ3v) is 3.31. The van der Waals surface area contributed by atoms with Gasteiger partial charge in [0.05, 0.1) is 0 Å². The molecular weight excluding hydrogens is 234 g/mol. The molecule has 6 heteroatoms. The second-order valence-electron chi connectivity index (χ2n) is 3.21. The van der Waals surface area contributed by atoms with Crippen molar-refractivity contribution in [3.8, 4) is 0 Å². The maximum atomic E-state index is 12.0. The van der Waals surface area contributed by atoms with E-state index in [1.165, 1.54) is 0 Å². The van der Waals surface area contributed by atoms with Crippen LogP contribution in [0.2, 0.25) is 4.47 Å². The minimum atomic E-state index is -0.0868. The molecular formula is C9H14ClN3OS. The molecule has 0 aromatic carbocycles. The van der Waals surface area contributed by atoms with E-state index >= 15 is 0 Å². The van der Waals surface area contributed by atoms with Crippen molar-refractivity contribution in [2.24, 2.45) is 0 Å². The number of amides is 1. The minimum Gasteiger partial charge on any atom is -0.334 e. The summed E-state index contributed by atoms with van der Waals surface area (Å²) >= 11 is 6.76. The molecule has 1 unspecified atom stereocenters. The number of halogens is 1. The molecule has 1 aromatic heterocycles. The lowest BCUT2D eigenvalue weighted by molar-refractivity contribution is 0.0698. The summed E-state index contributed by atoms with van der Waals surface area (Å²) in [4.78, 5) is 13.7. The van der Waals surface area contributed by atoms with Crippen LogP contribution in [0.1, 0.15) is 37.0 Å². The summed E-state index contributed by atoms with van der Waals surface area (Å²) in [6, 6.07) is 0.213. The third-order valence-electron chi connectivity index (χ3n) is 2.31. The largest absolute Gasteiger partial charge is 0.334 e. The summed E-state index contributed by atoms with van der Waals surface area (Å²) in [5, 5.41) is 7.74. The maximum Gasteiger partial charge on any atom is 0.285 e. The van der Waals surface area contributed by atoms with E-state index in [1.54, 1.807) is 4.90 Å². The molecule has 0 aliphatic carbocycles. The molecule has 1 aromatic rings. The van der Waals surface area contributed by atoms with Crippen LogP contribution >= 0.6 is 22.9 Å². The summed E-state index contributed by atoms with van der Waals surface area (Å²) in [6.45, 7) is 6.69. The second kappa shape index (κ2) is 5.42. The van der Waals surface area contributed by atoms with Gasteiger partial charge < -0.3 is 4.90 Å². The number of carbonyl (C=O) groups is 1. The van der Waals surface area contributed by atoms with Gasteiger partial charge in [-0.25, -0.2) is 0 Å². The standard InChI is InChI=1S/C9H14ClN3OS/c1-4-6(3)13(5-2)8(14)7-11-12-9(10)15-7/h6H,4-5H2,1-3H3. The van der Waals surface area contributed by atoms with Crippen molar-refractivity contribution in [3.63, 3.8) is 0 Å². The fourth-order valence-electron chi connectivity index (χ4n) is 1.29. The smallest absolute Gasteiger partial charge is 0.285 e. The third kappa shape index (κ3) is 2.89. The molecule has 1 rings (SSSR count). The van der Waals surface area contributed by atoms with Crippen LogP contribution < -0.4 is 0 Å². The molecule has 0 aliphatic heterocycles. The number of hydrogen-bond acceptors (Lipinski definition) is 4. The zero-order valence-corrected chi connectivity index (χ0v) is 10.6. The molecule has 0 bridgehead atoms. The number of hydrogen-bond donors (Lipinski definition) is 0. The lowest BCUT2D eigenvalue weighted by Gasteiger charge is -2.25. The van der Waals surface area contributed by atoms with Crippen LogP contribution in [0.15, 0.2) is 0 Å². The Balaban J connectivity index is 2.82. The Hall–Kier alpha value is -0.680. The van der Waals surface area contributed by atoms with Crippen molar-refractivity contribution in [3.05, 3.63) is 9.47 Å². The lowest BCUT2D eigenvalue weighted by Crippen LogP contribution is -2.38. The van der Waals surface area contributed by atoms with Gasteiger partial charge in [-0.05, 0) is 31.9 Å². The number of rotatable bonds is 4. The van der Waals surface area contributed by atoms with Crippen molar-refractivity contribution in [1.82, 2.24) is 15.1 Å². The molecule has 1 atom stereocenters. The van der Waals surface area contributed by atoms with Gasteiger partial charge in [-0.15, -0.1) is 10.2 Å². The first-order valence-corrected chi connectivity index (χ1v) is 6.09. The van der Waals surface area contributed by atoms with Crippen molar-refractivity contribution in [1.29, 1.82) is 0 Å². The van der Waals surface area contributed by atoms with Gasteiger partial charge in [-0.1, -0.05) is 18.3 Å². The average Bonchev–Trinajstić information content (AvgIpc) is 2.65. The van der Waals surface area contributed by atoms with Gasteiger partial charge in [0, 0.05) is 12.6 Å². The van der Waals surface area contributed by atoms with Crippen LogP contribution in [0, 0.1) is 0 Å². The monoisotopic (exact) mass is 247 g/mol. The normalized spacial score (nSPS) is 12.5. The van der Waals surface area contributed by atoms with Gasteiger partial charge in [-0.2, -0.15) is 0 Å². The highest BCUT2D eigenvalue weighted by Crippen LogP contribution is 2.18. The Labute approximate surface area is 98.3 Å². The van der Waals surface area contributed by atoms with E-state index in [0.717, 1.165) is 17.8 Å². The lowest BCUT2D eigenvalue weighted by atomic mass is 10.2. The molecule has 0 saturated carbocycles. The molecule has 4 nitrogen and oxygen atoms in total. The van der Waals surface area contributed by atoms with Crippen molar-refractivity contribution < 1.29 is 4.79 Å². The van der Waals surface area contributed by atoms with Crippen LogP contribution in [0.5, 0.6) is 0 Å². The highest BCUT2D eigenvalue weighted by atomic mass is 35.5. The molecule has 84 valence electrons. The summed E-state index contributed by atoms with van der Waals surface area (Å²) in [6.07, 6.45) is 0.923. The van der Waals surface area contributed by atoms with Crippen molar-refractivity contribution >= 4 is 28.8 Å². The molecule has 0 aliphatic rings. The number of carbonyl (C=O) groups excluding carboxylic acids is 1. The van der Waals surface area contributed by atoms with E-state index in [-0.39, 0.29) is 11.9 Å². The van der Waals surface area contributed by atoms with E-state index in [1.807, 2.05) is 20.8 Å². The average molecular weight is 248 g/mol. The van der Waals surface area contributed by atoms with E-state index in [0.29, 0.717) is 16.0 Å². The Morgan fingerprint density at radius 3 is 2.60 bits per heavy atom. The van der Waals surface area contributed by atoms with Gasteiger partial charge in [0.25, 0.3) is 5.91 Å². The summed E-state index contributed by atoms with van der Waals surface area (Å²) in [5.41, 5.74) is 0. The Kier molecular flexibility index (Phi) is 4.47. The van der Waals surface area contributed by atoms with Crippen molar-refractivity contribution in [2.75, 3.05) is 6.54 Å². The first-order valence-electron chi connectivity index (χ1n) is 4.90. The summed E-state index contributed by atoms with van der Waals surface area (Å²) < 4.78 is 0.304. The summed E-state index contributed by atoms with van der Waals surface area (Å²) in [7, 11) is 0. The van der Waals surface area contributed by atoms with E-state index in [2.05, 4.69) is 10.2 Å². The Morgan fingerprint density at radius 1 is 1.53 bits per heavy atom. The molecule has 0 radical (unpaired) electrons. The fourth-order valence-corrected chi connectivity index (χ4v) is 2.07. The molecule has 1 amide bonds. The Morgan fingerprint density at radius 2 is 2.20 bits per heavy atom. The zero-order chi connectivity index (χ0) is 11.4. The van der Waals surface area contributed by atoms with Gasteiger partial charge in [0.15, 0.2) is 0 Å². The first kappa shape index (κ1) is 12.4. The van der Waals surface area contributed by atoms with E-state index in [9.17, 15) is 4.79 Å². The number of nitrogens with zero attached hydrogens (tertiary/aromatic N) is 3. The van der Waals surface area contributed by atoms with Gasteiger partial charge in [0.1, 0.15) is 0 Å². The quantitative estimate of drug-likeness (QED) is 0.821. The van der Waals surface area contributed by atoms with Crippen LogP contribution in [-0.4, -0.2) is 33.6 Å². The molecule has 15 heavy (non-hydrogen) atoms. The van der Waals surface area contributed by atoms with Crippen LogP contribution in [0.3, 0.4) is 0 Å². The van der Waals surface area contributed by atoms with Gasteiger partial charge >= 0.3 is 0 Å². The molecule has 0 fully saturated rings. The predicted octanol–water partition coefficient (Wildman–Crippen LogP) is 2.45. The van der Waals surface area contributed by atoms with Crippen LogP contribution in [0.25, 0.3) is 0 Å². The van der Waals surface area contributed by atoms with E-state index in [4.69, 9.17) is 11.6 Å².